The van der Waals surface area contributed by atoms with E-state index in [9.17, 15) is 0 Å². The van der Waals surface area contributed by atoms with Crippen LogP contribution in [0.4, 0.5) is 0 Å². The standard InChI is InChI=1S/C18H33P.C8H6N.Au/c1-4-10-16(11-5-1)19(17-12-6-2-7-13-17)18-14-8-3-9-15-18;1-2-4-8-7(3-1)5-6-9-8;/h16-18H,1-15H2;1-6H;/q;-1;+1/p+1. The second-order valence-electron chi connectivity index (χ2n) is 9.51. The number of fused-ring (bicyclic) bond motifs is 1. The molecule has 0 aliphatic heterocycles. The van der Waals surface area contributed by atoms with E-state index in [-0.39, 0.29) is 30.3 Å². The smallest absolute Gasteiger partial charge is 0.664 e. The van der Waals surface area contributed by atoms with Gasteiger partial charge in [-0.1, -0.05) is 49.6 Å². The topological polar surface area (TPSA) is 14.1 Å². The average molecular weight is 595 g/mol. The van der Waals surface area contributed by atoms with Crippen LogP contribution in [0, 0.1) is 0 Å². The van der Waals surface area contributed by atoms with Crippen LogP contribution in [-0.2, 0) is 22.4 Å². The third-order valence-corrected chi connectivity index (χ3v) is 12.2. The van der Waals surface area contributed by atoms with Gasteiger partial charge in [-0.3, -0.25) is 0 Å². The van der Waals surface area contributed by atoms with Crippen LogP contribution in [0.1, 0.15) is 96.3 Å². The summed E-state index contributed by atoms with van der Waals surface area (Å²) in [6.45, 7) is 0. The largest absolute Gasteiger partial charge is 1.00 e. The van der Waals surface area contributed by atoms with E-state index in [1.165, 1.54) is 22.4 Å². The van der Waals surface area contributed by atoms with Crippen LogP contribution in [-0.4, -0.2) is 17.0 Å². The molecule has 2 aromatic rings. The summed E-state index contributed by atoms with van der Waals surface area (Å²) in [5.41, 5.74) is 4.76. The number of benzene rings is 1. The van der Waals surface area contributed by atoms with Crippen LogP contribution < -0.4 is 4.98 Å². The van der Waals surface area contributed by atoms with Crippen molar-refractivity contribution in [3.05, 3.63) is 36.5 Å². The minimum Gasteiger partial charge on any atom is -0.664 e. The molecule has 0 saturated heterocycles. The van der Waals surface area contributed by atoms with E-state index < -0.39 is 0 Å². The van der Waals surface area contributed by atoms with Crippen molar-refractivity contribution >= 4 is 18.8 Å². The SMILES string of the molecule is C1CCC([PH+](C2CCCCC2)C2CCCCC2)CC1.[Au+].c1ccc2[n-]ccc2c1. The van der Waals surface area contributed by atoms with Gasteiger partial charge in [-0.15, -0.1) is 5.52 Å². The minimum atomic E-state index is -0.0465. The second-order valence-corrected chi connectivity index (χ2v) is 13.0. The summed E-state index contributed by atoms with van der Waals surface area (Å²) in [5, 5.41) is 1.22. The number of para-hydroxylation sites is 1. The zero-order valence-electron chi connectivity index (χ0n) is 18.1. The van der Waals surface area contributed by atoms with Crippen molar-refractivity contribution in [1.82, 2.24) is 4.98 Å². The van der Waals surface area contributed by atoms with Gasteiger partial charge in [0, 0.05) is 7.92 Å². The normalized spacial score (nSPS) is 22.1. The van der Waals surface area contributed by atoms with Crippen LogP contribution >= 0.6 is 7.92 Å². The Labute approximate surface area is 195 Å². The molecule has 3 heteroatoms. The van der Waals surface area contributed by atoms with Crippen molar-refractivity contribution in [2.45, 2.75) is 113 Å². The molecule has 0 amide bonds. The molecule has 1 heterocycles. The molecule has 1 nitrogen and oxygen atoms in total. The van der Waals surface area contributed by atoms with Gasteiger partial charge in [0.1, 0.15) is 0 Å². The Bertz CT molecular complexity index is 608. The van der Waals surface area contributed by atoms with Gasteiger partial charge in [-0.25, -0.2) is 0 Å². The minimum absolute atomic E-state index is 0. The molecule has 0 unspecified atom stereocenters. The van der Waals surface area contributed by atoms with Crippen LogP contribution in [0.2, 0.25) is 0 Å². The summed E-state index contributed by atoms with van der Waals surface area (Å²) in [5.74, 6) is 0. The van der Waals surface area contributed by atoms with Crippen molar-refractivity contribution in [3.8, 4) is 0 Å². The number of aromatic nitrogens is 1. The van der Waals surface area contributed by atoms with E-state index in [0.29, 0.717) is 0 Å². The maximum absolute atomic E-state index is 4.12. The Morgan fingerprint density at radius 1 is 0.586 bits per heavy atom. The summed E-state index contributed by atoms with van der Waals surface area (Å²) in [6.07, 6.45) is 25.6. The Hall–Kier alpha value is -0.0697. The monoisotopic (exact) mass is 594 g/mol. The molecule has 0 N–H and O–H groups in total. The van der Waals surface area contributed by atoms with Gasteiger partial charge >= 0.3 is 22.4 Å². The van der Waals surface area contributed by atoms with Gasteiger partial charge in [0.2, 0.25) is 0 Å². The zero-order chi connectivity index (χ0) is 19.0. The Kier molecular flexibility index (Phi) is 10.3. The molecule has 0 atom stereocenters. The van der Waals surface area contributed by atoms with Crippen molar-refractivity contribution in [2.75, 3.05) is 0 Å². The molecule has 0 spiro atoms. The van der Waals surface area contributed by atoms with Crippen LogP contribution in [0.3, 0.4) is 0 Å². The number of hydrogen-bond donors (Lipinski definition) is 0. The molecule has 29 heavy (non-hydrogen) atoms. The van der Waals surface area contributed by atoms with Crippen LogP contribution in [0.15, 0.2) is 36.5 Å². The number of hydrogen-bond acceptors (Lipinski definition) is 0. The van der Waals surface area contributed by atoms with E-state index in [1.54, 1.807) is 96.3 Å². The molecule has 1 aromatic carbocycles. The molecule has 3 saturated carbocycles. The molecule has 5 rings (SSSR count). The Balaban J connectivity index is 0.000000201. The fourth-order valence-corrected chi connectivity index (χ4v) is 11.5. The first-order chi connectivity index (χ1) is 13.9. The summed E-state index contributed by atoms with van der Waals surface area (Å²) in [4.78, 5) is 4.12. The van der Waals surface area contributed by atoms with Crippen LogP contribution in [0.25, 0.3) is 10.9 Å². The molecule has 164 valence electrons. The third-order valence-electron chi connectivity index (χ3n) is 7.63. The van der Waals surface area contributed by atoms with E-state index in [1.807, 2.05) is 30.5 Å². The van der Waals surface area contributed by atoms with E-state index in [2.05, 4.69) is 11.1 Å². The predicted molar refractivity (Wildman–Crippen MR) is 126 cm³/mol. The quantitative estimate of drug-likeness (QED) is 0.260. The van der Waals surface area contributed by atoms with Gasteiger partial charge in [-0.2, -0.15) is 6.20 Å². The summed E-state index contributed by atoms with van der Waals surface area (Å²) < 4.78 is 0. The van der Waals surface area contributed by atoms with E-state index >= 15 is 0 Å². The maximum atomic E-state index is 4.12. The fraction of sp³-hybridized carbons (Fsp3) is 0.692. The summed E-state index contributed by atoms with van der Waals surface area (Å²) >= 11 is 0. The molecular weight excluding hydrogens is 554 g/mol. The Morgan fingerprint density at radius 2 is 1.03 bits per heavy atom. The average Bonchev–Trinajstić information content (AvgIpc) is 3.26. The number of rotatable bonds is 3. The molecule has 0 radical (unpaired) electrons. The van der Waals surface area contributed by atoms with E-state index in [4.69, 9.17) is 0 Å². The van der Waals surface area contributed by atoms with Gasteiger partial charge < -0.3 is 4.98 Å². The maximum Gasteiger partial charge on any atom is 1.00 e. The Morgan fingerprint density at radius 3 is 1.48 bits per heavy atom. The third kappa shape index (κ3) is 6.70. The molecular formula is C26H40AuNP+. The molecule has 0 bridgehead atoms. The molecule has 1 aromatic heterocycles. The fourth-order valence-electron chi connectivity index (χ4n) is 6.25. The van der Waals surface area contributed by atoms with Crippen molar-refractivity contribution in [2.24, 2.45) is 0 Å². The van der Waals surface area contributed by atoms with Gasteiger partial charge in [0.05, 0.1) is 17.0 Å². The zero-order valence-corrected chi connectivity index (χ0v) is 21.2. The first-order valence-electron chi connectivity index (χ1n) is 12.2. The summed E-state index contributed by atoms with van der Waals surface area (Å²) in [6, 6.07) is 10.1. The van der Waals surface area contributed by atoms with Gasteiger partial charge in [0.15, 0.2) is 0 Å². The van der Waals surface area contributed by atoms with Crippen molar-refractivity contribution in [3.63, 3.8) is 0 Å². The van der Waals surface area contributed by atoms with Gasteiger partial charge in [0.25, 0.3) is 0 Å². The summed E-state index contributed by atoms with van der Waals surface area (Å²) in [7, 11) is -0.0465. The first-order valence-corrected chi connectivity index (χ1v) is 14.0. The van der Waals surface area contributed by atoms with Crippen molar-refractivity contribution < 1.29 is 22.4 Å². The van der Waals surface area contributed by atoms with E-state index in [0.717, 1.165) is 5.52 Å². The van der Waals surface area contributed by atoms with Crippen molar-refractivity contribution in [1.29, 1.82) is 0 Å². The predicted octanol–water partition coefficient (Wildman–Crippen LogP) is 7.99. The second kappa shape index (κ2) is 12.7. The molecule has 3 fully saturated rings. The molecule has 3 aliphatic carbocycles. The van der Waals surface area contributed by atoms with Crippen LogP contribution in [0.5, 0.6) is 0 Å². The number of nitrogens with zero attached hydrogens (tertiary/aromatic N) is 1. The molecule has 3 aliphatic rings. The van der Waals surface area contributed by atoms with Gasteiger partial charge in [-0.05, 0) is 82.4 Å². The first kappa shape index (κ1) is 23.6.